The molecule has 280 valence electrons. The Labute approximate surface area is 300 Å². The highest BCUT2D eigenvalue weighted by atomic mass is 16.6. The van der Waals surface area contributed by atoms with Gasteiger partial charge in [0.15, 0.2) is 0 Å². The molecule has 14 heteroatoms. The zero-order valence-corrected chi connectivity index (χ0v) is 30.2. The number of amides is 6. The fraction of sp³-hybridized carbons (Fsp3) is 0.514. The lowest BCUT2D eigenvalue weighted by atomic mass is 9.99. The maximum absolute atomic E-state index is 13.5. The summed E-state index contributed by atoms with van der Waals surface area (Å²) in [6.07, 6.45) is 0.780. The molecule has 6 amide bonds. The van der Waals surface area contributed by atoms with Crippen LogP contribution in [0.1, 0.15) is 71.4 Å². The van der Waals surface area contributed by atoms with E-state index in [1.54, 1.807) is 45.0 Å². The van der Waals surface area contributed by atoms with Crippen molar-refractivity contribution in [3.63, 3.8) is 0 Å². The van der Waals surface area contributed by atoms with Gasteiger partial charge in [-0.3, -0.25) is 29.3 Å². The van der Waals surface area contributed by atoms with Crippen molar-refractivity contribution in [2.45, 2.75) is 104 Å². The molecule has 2 rings (SSSR count). The van der Waals surface area contributed by atoms with Crippen LogP contribution in [0.2, 0.25) is 0 Å². The number of nitrogens with one attached hydrogen (secondary N) is 3. The molecule has 0 radical (unpaired) electrons. The van der Waals surface area contributed by atoms with Crippen LogP contribution in [0.5, 0.6) is 0 Å². The Morgan fingerprint density at radius 2 is 1.37 bits per heavy atom. The van der Waals surface area contributed by atoms with E-state index < -0.39 is 71.8 Å². The summed E-state index contributed by atoms with van der Waals surface area (Å²) >= 11 is 0. The van der Waals surface area contributed by atoms with E-state index in [1.165, 1.54) is 13.8 Å². The predicted molar refractivity (Wildman–Crippen MR) is 191 cm³/mol. The first-order valence-corrected chi connectivity index (χ1v) is 17.3. The number of unbranched alkanes of at least 4 members (excludes halogenated alkanes) is 1. The number of carbonyl (C=O) groups is 6. The molecule has 14 nitrogen and oxygen atoms in total. The van der Waals surface area contributed by atoms with E-state index in [0.29, 0.717) is 31.2 Å². The number of benzene rings is 2. The molecular weight excluding hydrogens is 656 g/mol. The van der Waals surface area contributed by atoms with Gasteiger partial charge in [-0.2, -0.15) is 0 Å². The van der Waals surface area contributed by atoms with Crippen LogP contribution < -0.4 is 27.4 Å². The SMILES string of the molecule is CC(C)C(NC(=O)C(N)C(C)CO)C(=O)NC(=O)CCCCC(Cc1ccccc1)NC(=O)[C@H](C)N(C(=O)OCc1ccccc1)C(=O)[C@H](C)N. The minimum atomic E-state index is -1.24. The maximum atomic E-state index is 13.5. The van der Waals surface area contributed by atoms with E-state index >= 15 is 0 Å². The number of nitrogens with two attached hydrogens (primary N) is 2. The Morgan fingerprint density at radius 1 is 0.784 bits per heavy atom. The molecular formula is C37H54N6O8. The first-order chi connectivity index (χ1) is 24.2. The predicted octanol–water partition coefficient (Wildman–Crippen LogP) is 1.91. The largest absolute Gasteiger partial charge is 0.444 e. The standard InChI is InChI=1S/C37H54N6O8/c1-23(2)32(42-34(47)31(39)24(3)21-44)35(48)41-30(45)19-13-12-18-29(20-27-14-8-6-9-15-27)40-33(46)26(5)43(36(49)25(4)38)37(50)51-22-28-16-10-7-11-17-28/h6-11,14-17,23-26,29,31-32,44H,12-13,18-22,38-39H2,1-5H3,(H,40,46)(H,42,47)(H,41,45,48)/t24?,25-,26-,29?,31?,32?/m0/s1. The number of imide groups is 2. The summed E-state index contributed by atoms with van der Waals surface area (Å²) in [6, 6.07) is 13.6. The first kappa shape index (κ1) is 42.5. The lowest BCUT2D eigenvalue weighted by Gasteiger charge is -2.29. The minimum absolute atomic E-state index is 0.0118. The summed E-state index contributed by atoms with van der Waals surface area (Å²) in [4.78, 5) is 78.4. The van der Waals surface area contributed by atoms with Crippen LogP contribution in [-0.4, -0.2) is 82.5 Å². The number of ether oxygens (including phenoxy) is 1. The third-order valence-corrected chi connectivity index (χ3v) is 8.39. The smallest absolute Gasteiger partial charge is 0.417 e. The van der Waals surface area contributed by atoms with Crippen molar-refractivity contribution in [1.82, 2.24) is 20.9 Å². The second-order valence-corrected chi connectivity index (χ2v) is 13.2. The van der Waals surface area contributed by atoms with Crippen LogP contribution in [0.4, 0.5) is 4.79 Å². The zero-order valence-electron chi connectivity index (χ0n) is 30.2. The highest BCUT2D eigenvalue weighted by Gasteiger charge is 2.35. The number of rotatable bonds is 19. The maximum Gasteiger partial charge on any atom is 0.417 e. The van der Waals surface area contributed by atoms with Crippen LogP contribution in [0.15, 0.2) is 60.7 Å². The van der Waals surface area contributed by atoms with E-state index in [2.05, 4.69) is 16.0 Å². The van der Waals surface area contributed by atoms with Gasteiger partial charge in [0, 0.05) is 25.0 Å². The summed E-state index contributed by atoms with van der Waals surface area (Å²) < 4.78 is 5.37. The van der Waals surface area contributed by atoms with Gasteiger partial charge in [-0.05, 0) is 50.2 Å². The van der Waals surface area contributed by atoms with Gasteiger partial charge in [0.2, 0.25) is 29.5 Å². The second kappa shape index (κ2) is 21.5. The van der Waals surface area contributed by atoms with Crippen LogP contribution in [0.3, 0.4) is 0 Å². The topological polar surface area (TPSA) is 223 Å². The third kappa shape index (κ3) is 14.2. The molecule has 51 heavy (non-hydrogen) atoms. The van der Waals surface area contributed by atoms with Gasteiger partial charge in [-0.25, -0.2) is 9.69 Å². The van der Waals surface area contributed by atoms with Crippen molar-refractivity contribution in [2.75, 3.05) is 6.61 Å². The van der Waals surface area contributed by atoms with Crippen LogP contribution >= 0.6 is 0 Å². The second-order valence-electron chi connectivity index (χ2n) is 13.2. The number of carbonyl (C=O) groups excluding carboxylic acids is 6. The van der Waals surface area contributed by atoms with Gasteiger partial charge < -0.3 is 31.9 Å². The summed E-state index contributed by atoms with van der Waals surface area (Å²) in [6.45, 7) is 7.49. The summed E-state index contributed by atoms with van der Waals surface area (Å²) in [7, 11) is 0. The van der Waals surface area contributed by atoms with Gasteiger partial charge in [0.05, 0.1) is 12.1 Å². The Morgan fingerprint density at radius 3 is 1.92 bits per heavy atom. The molecule has 6 atom stereocenters. The van der Waals surface area contributed by atoms with E-state index in [4.69, 9.17) is 16.2 Å². The van der Waals surface area contributed by atoms with Crippen LogP contribution in [-0.2, 0) is 41.7 Å². The molecule has 0 aromatic heterocycles. The lowest BCUT2D eigenvalue weighted by molar-refractivity contribution is -0.139. The quantitative estimate of drug-likeness (QED) is 0.116. The molecule has 0 fully saturated rings. The molecule has 2 aromatic carbocycles. The molecule has 0 heterocycles. The number of aliphatic hydroxyl groups is 1. The average Bonchev–Trinajstić information content (AvgIpc) is 3.11. The number of aliphatic hydroxyl groups excluding tert-OH is 1. The Balaban J connectivity index is 2.04. The molecule has 0 aliphatic carbocycles. The van der Waals surface area contributed by atoms with E-state index in [0.717, 1.165) is 10.5 Å². The van der Waals surface area contributed by atoms with Crippen LogP contribution in [0, 0.1) is 11.8 Å². The molecule has 4 unspecified atom stereocenters. The summed E-state index contributed by atoms with van der Waals surface area (Å²) in [5, 5.41) is 17.2. The molecule has 0 aliphatic rings. The number of hydrogen-bond acceptors (Lipinski definition) is 10. The summed E-state index contributed by atoms with van der Waals surface area (Å²) in [5.74, 6) is -4.00. The van der Waals surface area contributed by atoms with Crippen molar-refractivity contribution < 1.29 is 38.6 Å². The van der Waals surface area contributed by atoms with Gasteiger partial charge >= 0.3 is 6.09 Å². The first-order valence-electron chi connectivity index (χ1n) is 17.3. The number of nitrogens with zero attached hydrogens (tertiary/aromatic N) is 1. The van der Waals surface area contributed by atoms with Gasteiger partial charge in [0.1, 0.15) is 18.7 Å². The third-order valence-electron chi connectivity index (χ3n) is 8.39. The van der Waals surface area contributed by atoms with E-state index in [-0.39, 0.29) is 25.6 Å². The van der Waals surface area contributed by atoms with Crippen molar-refractivity contribution in [2.24, 2.45) is 23.3 Å². The van der Waals surface area contributed by atoms with Gasteiger partial charge in [0.25, 0.3) is 0 Å². The average molecular weight is 711 g/mol. The van der Waals surface area contributed by atoms with Gasteiger partial charge in [-0.1, -0.05) is 87.9 Å². The van der Waals surface area contributed by atoms with Crippen molar-refractivity contribution in [3.05, 3.63) is 71.8 Å². The molecule has 0 spiro atoms. The molecule has 0 saturated heterocycles. The summed E-state index contributed by atoms with van der Waals surface area (Å²) in [5.41, 5.74) is 13.3. The van der Waals surface area contributed by atoms with Crippen molar-refractivity contribution in [3.8, 4) is 0 Å². The Bertz CT molecular complexity index is 1440. The van der Waals surface area contributed by atoms with Crippen molar-refractivity contribution >= 4 is 35.6 Å². The number of hydrogen-bond donors (Lipinski definition) is 6. The molecule has 8 N–H and O–H groups in total. The lowest BCUT2D eigenvalue weighted by Crippen LogP contribution is -2.56. The molecule has 0 bridgehead atoms. The van der Waals surface area contributed by atoms with Crippen molar-refractivity contribution in [1.29, 1.82) is 0 Å². The Hall–Kier alpha value is -4.66. The van der Waals surface area contributed by atoms with Gasteiger partial charge in [-0.15, -0.1) is 0 Å². The Kier molecular flexibility index (Phi) is 17.9. The fourth-order valence-corrected chi connectivity index (χ4v) is 5.12. The molecule has 0 saturated carbocycles. The van der Waals surface area contributed by atoms with E-state index in [1.807, 2.05) is 36.4 Å². The normalized spacial score (nSPS) is 14.6. The van der Waals surface area contributed by atoms with Crippen LogP contribution in [0.25, 0.3) is 0 Å². The highest BCUT2D eigenvalue weighted by Crippen LogP contribution is 2.14. The molecule has 0 aliphatic heterocycles. The zero-order chi connectivity index (χ0) is 38.1. The molecule has 2 aromatic rings. The monoisotopic (exact) mass is 710 g/mol. The van der Waals surface area contributed by atoms with E-state index in [9.17, 15) is 33.9 Å². The minimum Gasteiger partial charge on any atom is -0.444 e. The fourth-order valence-electron chi connectivity index (χ4n) is 5.12. The highest BCUT2D eigenvalue weighted by molar-refractivity contribution is 6.00.